The lowest BCUT2D eigenvalue weighted by Crippen LogP contribution is -2.42. The van der Waals surface area contributed by atoms with Gasteiger partial charge in [-0.05, 0) is 26.7 Å². The van der Waals surface area contributed by atoms with E-state index in [1.54, 1.807) is 11.8 Å². The molecule has 1 amide bonds. The summed E-state index contributed by atoms with van der Waals surface area (Å²) in [5.41, 5.74) is 0. The smallest absolute Gasteiger partial charge is 0.251 e. The van der Waals surface area contributed by atoms with E-state index in [2.05, 4.69) is 0 Å². The summed E-state index contributed by atoms with van der Waals surface area (Å²) in [4.78, 5) is 13.5. The van der Waals surface area contributed by atoms with Crippen LogP contribution in [0.3, 0.4) is 0 Å². The molecule has 0 aliphatic heterocycles. The second-order valence-corrected chi connectivity index (χ2v) is 3.58. The fraction of sp³-hybridized carbons (Fsp3) is 0.900. The Morgan fingerprint density at radius 1 is 1.64 bits per heavy atom. The number of rotatable bonds is 6. The van der Waals surface area contributed by atoms with Crippen LogP contribution in [0.25, 0.3) is 0 Å². The van der Waals surface area contributed by atoms with Crippen LogP contribution < -0.4 is 0 Å². The van der Waals surface area contributed by atoms with Crippen LogP contribution in [-0.4, -0.2) is 47.8 Å². The lowest BCUT2D eigenvalue weighted by molar-refractivity contribution is -0.143. The maximum absolute atomic E-state index is 11.8. The fourth-order valence-electron chi connectivity index (χ4n) is 1.52. The van der Waals surface area contributed by atoms with E-state index in [9.17, 15) is 4.79 Å². The van der Waals surface area contributed by atoms with Gasteiger partial charge in [-0.2, -0.15) is 0 Å². The van der Waals surface area contributed by atoms with Crippen LogP contribution in [0.1, 0.15) is 26.7 Å². The highest BCUT2D eigenvalue weighted by Gasteiger charge is 2.34. The van der Waals surface area contributed by atoms with Crippen LogP contribution in [0.2, 0.25) is 0 Å². The molecular formula is C10H19NO3. The van der Waals surface area contributed by atoms with E-state index in [1.165, 1.54) is 0 Å². The summed E-state index contributed by atoms with van der Waals surface area (Å²) in [6.07, 6.45) is 1.74. The minimum atomic E-state index is -0.382. The van der Waals surface area contributed by atoms with Crippen molar-refractivity contribution in [1.29, 1.82) is 0 Å². The number of aliphatic hydroxyl groups is 1. The van der Waals surface area contributed by atoms with Crippen molar-refractivity contribution in [3.63, 3.8) is 0 Å². The van der Waals surface area contributed by atoms with Gasteiger partial charge in [0.2, 0.25) is 0 Å². The van der Waals surface area contributed by atoms with Crippen LogP contribution in [0.5, 0.6) is 0 Å². The molecule has 0 saturated heterocycles. The Kier molecular flexibility index (Phi) is 4.35. The molecular weight excluding hydrogens is 182 g/mol. The van der Waals surface area contributed by atoms with Gasteiger partial charge in [-0.25, -0.2) is 0 Å². The molecule has 0 aromatic heterocycles. The maximum Gasteiger partial charge on any atom is 0.251 e. The van der Waals surface area contributed by atoms with E-state index in [0.717, 1.165) is 12.8 Å². The van der Waals surface area contributed by atoms with E-state index >= 15 is 0 Å². The highest BCUT2D eigenvalue weighted by Crippen LogP contribution is 2.27. The predicted octanol–water partition coefficient (Wildman–Crippen LogP) is 0.395. The van der Waals surface area contributed by atoms with E-state index in [0.29, 0.717) is 19.2 Å². The van der Waals surface area contributed by atoms with Gasteiger partial charge in [0.1, 0.15) is 6.10 Å². The SMILES string of the molecule is CCOC(C)C(=O)N(CCO)C1CC1. The summed E-state index contributed by atoms with van der Waals surface area (Å²) in [5, 5.41) is 8.84. The quantitative estimate of drug-likeness (QED) is 0.676. The lowest BCUT2D eigenvalue weighted by atomic mass is 10.3. The first-order chi connectivity index (χ1) is 6.70. The number of hydrogen-bond donors (Lipinski definition) is 1. The van der Waals surface area contributed by atoms with E-state index in [-0.39, 0.29) is 18.6 Å². The molecule has 0 aromatic rings. The van der Waals surface area contributed by atoms with Crippen LogP contribution in [0.15, 0.2) is 0 Å². The molecule has 82 valence electrons. The summed E-state index contributed by atoms with van der Waals surface area (Å²) < 4.78 is 5.24. The topological polar surface area (TPSA) is 49.8 Å². The second kappa shape index (κ2) is 5.32. The first kappa shape index (κ1) is 11.5. The Balaban J connectivity index is 2.44. The van der Waals surface area contributed by atoms with Gasteiger partial charge in [0, 0.05) is 19.2 Å². The molecule has 0 heterocycles. The molecule has 0 spiro atoms. The molecule has 1 fully saturated rings. The zero-order valence-corrected chi connectivity index (χ0v) is 8.90. The van der Waals surface area contributed by atoms with Crippen LogP contribution in [0.4, 0.5) is 0 Å². The zero-order valence-electron chi connectivity index (χ0n) is 8.90. The highest BCUT2D eigenvalue weighted by molar-refractivity contribution is 5.81. The van der Waals surface area contributed by atoms with Crippen LogP contribution >= 0.6 is 0 Å². The Hall–Kier alpha value is -0.610. The molecule has 4 heteroatoms. The van der Waals surface area contributed by atoms with Crippen molar-refractivity contribution in [3.8, 4) is 0 Å². The molecule has 1 unspecified atom stereocenters. The Labute approximate surface area is 84.8 Å². The Bertz CT molecular complexity index is 192. The molecule has 4 nitrogen and oxygen atoms in total. The predicted molar refractivity (Wildman–Crippen MR) is 52.9 cm³/mol. The molecule has 1 saturated carbocycles. The first-order valence-corrected chi connectivity index (χ1v) is 5.23. The molecule has 0 aromatic carbocycles. The summed E-state index contributed by atoms with van der Waals surface area (Å²) >= 11 is 0. The Morgan fingerprint density at radius 3 is 2.71 bits per heavy atom. The van der Waals surface area contributed by atoms with Crippen molar-refractivity contribution >= 4 is 5.91 Å². The molecule has 1 rings (SSSR count). The van der Waals surface area contributed by atoms with Crippen molar-refractivity contribution in [2.75, 3.05) is 19.8 Å². The third-order valence-corrected chi connectivity index (χ3v) is 2.38. The number of aliphatic hydroxyl groups excluding tert-OH is 1. The maximum atomic E-state index is 11.8. The number of ether oxygens (including phenoxy) is 1. The monoisotopic (exact) mass is 201 g/mol. The van der Waals surface area contributed by atoms with Crippen molar-refractivity contribution < 1.29 is 14.6 Å². The molecule has 1 N–H and O–H groups in total. The number of carbonyl (C=O) groups is 1. The van der Waals surface area contributed by atoms with E-state index < -0.39 is 0 Å². The van der Waals surface area contributed by atoms with Gasteiger partial charge in [-0.3, -0.25) is 4.79 Å². The summed E-state index contributed by atoms with van der Waals surface area (Å²) in [6, 6.07) is 0.345. The average Bonchev–Trinajstić information content (AvgIpc) is 2.97. The highest BCUT2D eigenvalue weighted by atomic mass is 16.5. The van der Waals surface area contributed by atoms with Crippen molar-refractivity contribution in [2.45, 2.75) is 38.8 Å². The third kappa shape index (κ3) is 2.96. The number of carbonyl (C=O) groups excluding carboxylic acids is 1. The molecule has 1 atom stereocenters. The third-order valence-electron chi connectivity index (χ3n) is 2.38. The summed E-state index contributed by atoms with van der Waals surface area (Å²) in [6.45, 7) is 4.64. The molecule has 14 heavy (non-hydrogen) atoms. The molecule has 0 bridgehead atoms. The number of nitrogens with zero attached hydrogens (tertiary/aromatic N) is 1. The van der Waals surface area contributed by atoms with Gasteiger partial charge in [0.25, 0.3) is 5.91 Å². The van der Waals surface area contributed by atoms with Crippen LogP contribution in [0, 0.1) is 0 Å². The van der Waals surface area contributed by atoms with E-state index in [1.807, 2.05) is 6.92 Å². The van der Waals surface area contributed by atoms with Gasteiger partial charge in [0.15, 0.2) is 0 Å². The zero-order chi connectivity index (χ0) is 10.6. The molecule has 1 aliphatic rings. The summed E-state index contributed by atoms with van der Waals surface area (Å²) in [5.74, 6) is 0.00315. The molecule has 0 radical (unpaired) electrons. The van der Waals surface area contributed by atoms with Gasteiger partial charge in [-0.15, -0.1) is 0 Å². The van der Waals surface area contributed by atoms with Gasteiger partial charge in [0.05, 0.1) is 6.61 Å². The minimum absolute atomic E-state index is 0.00315. The second-order valence-electron chi connectivity index (χ2n) is 3.58. The van der Waals surface area contributed by atoms with Crippen molar-refractivity contribution in [1.82, 2.24) is 4.90 Å². The van der Waals surface area contributed by atoms with E-state index in [4.69, 9.17) is 9.84 Å². The molecule has 1 aliphatic carbocycles. The van der Waals surface area contributed by atoms with Gasteiger partial charge >= 0.3 is 0 Å². The Morgan fingerprint density at radius 2 is 2.29 bits per heavy atom. The van der Waals surface area contributed by atoms with Crippen molar-refractivity contribution in [2.24, 2.45) is 0 Å². The van der Waals surface area contributed by atoms with Gasteiger partial charge < -0.3 is 14.7 Å². The number of hydrogen-bond acceptors (Lipinski definition) is 3. The average molecular weight is 201 g/mol. The standard InChI is InChI=1S/C10H19NO3/c1-3-14-8(2)10(13)11(6-7-12)9-4-5-9/h8-9,12H,3-7H2,1-2H3. The minimum Gasteiger partial charge on any atom is -0.395 e. The fourth-order valence-corrected chi connectivity index (χ4v) is 1.52. The lowest BCUT2D eigenvalue weighted by Gasteiger charge is -2.24. The normalized spacial score (nSPS) is 17.9. The van der Waals surface area contributed by atoms with Crippen molar-refractivity contribution in [3.05, 3.63) is 0 Å². The van der Waals surface area contributed by atoms with Crippen LogP contribution in [-0.2, 0) is 9.53 Å². The largest absolute Gasteiger partial charge is 0.395 e. The number of amides is 1. The van der Waals surface area contributed by atoms with Gasteiger partial charge in [-0.1, -0.05) is 0 Å². The first-order valence-electron chi connectivity index (χ1n) is 5.23. The summed E-state index contributed by atoms with van der Waals surface area (Å²) in [7, 11) is 0.